The number of halogens is 1. The van der Waals surface area contributed by atoms with Crippen LogP contribution in [0.5, 0.6) is 0 Å². The van der Waals surface area contributed by atoms with Crippen molar-refractivity contribution in [2.45, 2.75) is 32.6 Å². The average molecular weight is 497 g/mol. The second-order valence-electron chi connectivity index (χ2n) is 6.95. The highest BCUT2D eigenvalue weighted by Gasteiger charge is 2.27. The quantitative estimate of drug-likeness (QED) is 0.360. The standard InChI is InChI=1S/C20H21ClN4O5S2/c1-10-8-11(2)17(14(9-10)12(3)23-29-5)22-19(26)18-15(6-7-31-18)32(27,28)25-20-16(21)13(4)24-30-20/h6-9,25H,1-5H3,(H,22,26). The van der Waals surface area contributed by atoms with E-state index in [4.69, 9.17) is 21.0 Å². The molecule has 3 rings (SSSR count). The van der Waals surface area contributed by atoms with E-state index in [0.29, 0.717) is 22.7 Å². The molecule has 0 saturated heterocycles. The molecule has 0 bridgehead atoms. The van der Waals surface area contributed by atoms with E-state index in [0.717, 1.165) is 22.5 Å². The van der Waals surface area contributed by atoms with Gasteiger partial charge in [-0.1, -0.05) is 33.5 Å². The molecule has 0 aliphatic heterocycles. The number of amides is 1. The molecule has 2 N–H and O–H groups in total. The van der Waals surface area contributed by atoms with E-state index in [1.165, 1.54) is 18.6 Å². The van der Waals surface area contributed by atoms with Crippen LogP contribution in [-0.2, 0) is 14.9 Å². The van der Waals surface area contributed by atoms with Gasteiger partial charge in [-0.15, -0.1) is 11.3 Å². The minimum atomic E-state index is -4.16. The van der Waals surface area contributed by atoms with Crippen LogP contribution in [0.25, 0.3) is 0 Å². The molecule has 12 heteroatoms. The van der Waals surface area contributed by atoms with Gasteiger partial charge in [0.25, 0.3) is 21.8 Å². The Hall–Kier alpha value is -2.89. The Labute approximate surface area is 194 Å². The number of thiophene rings is 1. The Morgan fingerprint density at radius 1 is 1.28 bits per heavy atom. The number of carbonyl (C=O) groups is 1. The zero-order valence-electron chi connectivity index (χ0n) is 17.9. The predicted octanol–water partition coefficient (Wildman–Crippen LogP) is 4.74. The fourth-order valence-corrected chi connectivity index (χ4v) is 5.54. The highest BCUT2D eigenvalue weighted by molar-refractivity contribution is 7.93. The molecule has 2 aromatic heterocycles. The normalized spacial score (nSPS) is 12.0. The molecule has 0 spiro atoms. The van der Waals surface area contributed by atoms with Crippen LogP contribution < -0.4 is 10.0 Å². The van der Waals surface area contributed by atoms with Gasteiger partial charge in [0.1, 0.15) is 27.6 Å². The van der Waals surface area contributed by atoms with E-state index in [1.807, 2.05) is 26.0 Å². The summed E-state index contributed by atoms with van der Waals surface area (Å²) in [5.41, 5.74) is 3.85. The summed E-state index contributed by atoms with van der Waals surface area (Å²) in [4.78, 5) is 17.8. The average Bonchev–Trinajstić information content (AvgIpc) is 3.33. The van der Waals surface area contributed by atoms with Gasteiger partial charge in [-0.2, -0.15) is 0 Å². The van der Waals surface area contributed by atoms with Crippen LogP contribution in [0, 0.1) is 20.8 Å². The summed E-state index contributed by atoms with van der Waals surface area (Å²) in [6, 6.07) is 5.10. The van der Waals surface area contributed by atoms with Crippen LogP contribution in [0.4, 0.5) is 11.6 Å². The van der Waals surface area contributed by atoms with Gasteiger partial charge in [0.2, 0.25) is 0 Å². The minimum Gasteiger partial charge on any atom is -0.399 e. The number of anilines is 2. The molecule has 3 aromatic rings. The third-order valence-electron chi connectivity index (χ3n) is 4.48. The van der Waals surface area contributed by atoms with Gasteiger partial charge >= 0.3 is 0 Å². The number of sulfonamides is 1. The van der Waals surface area contributed by atoms with Crippen LogP contribution in [0.2, 0.25) is 5.02 Å². The molecule has 0 aliphatic carbocycles. The highest BCUT2D eigenvalue weighted by Crippen LogP contribution is 2.31. The SMILES string of the molecule is CON=C(C)c1cc(C)cc(C)c1NC(=O)c1sccc1S(=O)(=O)Nc1onc(C)c1Cl. The molecular formula is C20H21ClN4O5S2. The number of nitrogens with zero attached hydrogens (tertiary/aromatic N) is 2. The van der Waals surface area contributed by atoms with Crippen molar-refractivity contribution in [1.82, 2.24) is 5.16 Å². The number of hydrogen-bond acceptors (Lipinski definition) is 8. The number of carbonyl (C=O) groups excluding carboxylic acids is 1. The molecule has 1 amide bonds. The Balaban J connectivity index is 1.96. The molecule has 0 unspecified atom stereocenters. The van der Waals surface area contributed by atoms with Gasteiger partial charge in [-0.05, 0) is 50.8 Å². The Bertz CT molecular complexity index is 1310. The van der Waals surface area contributed by atoms with Crippen LogP contribution in [0.15, 0.2) is 38.2 Å². The van der Waals surface area contributed by atoms with Gasteiger partial charge < -0.3 is 14.7 Å². The van der Waals surface area contributed by atoms with Crippen molar-refractivity contribution in [2.75, 3.05) is 17.1 Å². The number of benzene rings is 1. The first-order valence-electron chi connectivity index (χ1n) is 9.28. The van der Waals surface area contributed by atoms with Gasteiger partial charge in [0.05, 0.1) is 11.4 Å². The molecule has 32 heavy (non-hydrogen) atoms. The third kappa shape index (κ3) is 4.79. The molecule has 2 heterocycles. The van der Waals surface area contributed by atoms with Crippen LogP contribution in [0.1, 0.15) is 39.0 Å². The summed E-state index contributed by atoms with van der Waals surface area (Å²) in [6.07, 6.45) is 0. The maximum absolute atomic E-state index is 13.1. The summed E-state index contributed by atoms with van der Waals surface area (Å²) in [6.45, 7) is 7.09. The topological polar surface area (TPSA) is 123 Å². The largest absolute Gasteiger partial charge is 0.399 e. The molecule has 0 saturated carbocycles. The zero-order chi connectivity index (χ0) is 23.6. The van der Waals surface area contributed by atoms with E-state index in [-0.39, 0.29) is 20.7 Å². The van der Waals surface area contributed by atoms with Crippen LogP contribution >= 0.6 is 22.9 Å². The van der Waals surface area contributed by atoms with Crippen molar-refractivity contribution in [3.63, 3.8) is 0 Å². The van der Waals surface area contributed by atoms with Crippen LogP contribution in [-0.4, -0.2) is 32.3 Å². The van der Waals surface area contributed by atoms with Crippen molar-refractivity contribution in [2.24, 2.45) is 5.16 Å². The summed E-state index contributed by atoms with van der Waals surface area (Å²) >= 11 is 7.00. The van der Waals surface area contributed by atoms with Gasteiger partial charge in [0.15, 0.2) is 0 Å². The fraction of sp³-hybridized carbons (Fsp3) is 0.250. The Morgan fingerprint density at radius 2 is 2.00 bits per heavy atom. The van der Waals surface area contributed by atoms with Gasteiger partial charge in [-0.3, -0.25) is 4.79 Å². The second-order valence-corrected chi connectivity index (χ2v) is 9.89. The number of oxime groups is 1. The van der Waals surface area contributed by atoms with Crippen molar-refractivity contribution < 1.29 is 22.6 Å². The number of rotatable bonds is 7. The molecular weight excluding hydrogens is 476 g/mol. The number of aryl methyl sites for hydroxylation is 3. The first-order chi connectivity index (χ1) is 15.0. The number of hydrogen-bond donors (Lipinski definition) is 2. The Kier molecular flexibility index (Phi) is 6.91. The monoisotopic (exact) mass is 496 g/mol. The van der Waals surface area contributed by atoms with Crippen molar-refractivity contribution in [3.05, 3.63) is 55.9 Å². The third-order valence-corrected chi connectivity index (χ3v) is 7.34. The second kappa shape index (κ2) is 9.31. The lowest BCUT2D eigenvalue weighted by atomic mass is 10.0. The first-order valence-corrected chi connectivity index (χ1v) is 12.0. The van der Waals surface area contributed by atoms with Crippen molar-refractivity contribution in [1.29, 1.82) is 0 Å². The molecule has 1 aromatic carbocycles. The summed E-state index contributed by atoms with van der Waals surface area (Å²) < 4.78 is 33.0. The van der Waals surface area contributed by atoms with E-state index in [9.17, 15) is 13.2 Å². The molecule has 0 atom stereocenters. The van der Waals surface area contributed by atoms with E-state index < -0.39 is 15.9 Å². The van der Waals surface area contributed by atoms with Gasteiger partial charge in [-0.25, -0.2) is 13.1 Å². The lowest BCUT2D eigenvalue weighted by Crippen LogP contribution is -2.20. The molecule has 0 aliphatic rings. The first kappa shape index (κ1) is 23.8. The summed E-state index contributed by atoms with van der Waals surface area (Å²) in [5, 5.41) is 12.0. The van der Waals surface area contributed by atoms with E-state index >= 15 is 0 Å². The van der Waals surface area contributed by atoms with Crippen molar-refractivity contribution >= 4 is 56.2 Å². The Morgan fingerprint density at radius 3 is 2.62 bits per heavy atom. The summed E-state index contributed by atoms with van der Waals surface area (Å²) in [5.74, 6) is -0.802. The van der Waals surface area contributed by atoms with Crippen LogP contribution in [0.3, 0.4) is 0 Å². The van der Waals surface area contributed by atoms with E-state index in [2.05, 4.69) is 20.4 Å². The maximum Gasteiger partial charge on any atom is 0.267 e. The lowest BCUT2D eigenvalue weighted by molar-refractivity contribution is 0.102. The zero-order valence-corrected chi connectivity index (χ0v) is 20.3. The smallest absolute Gasteiger partial charge is 0.267 e. The highest BCUT2D eigenvalue weighted by atomic mass is 35.5. The number of aromatic nitrogens is 1. The fourth-order valence-electron chi connectivity index (χ4n) is 3.05. The number of nitrogens with one attached hydrogen (secondary N) is 2. The van der Waals surface area contributed by atoms with Gasteiger partial charge in [0, 0.05) is 5.56 Å². The lowest BCUT2D eigenvalue weighted by Gasteiger charge is -2.15. The summed E-state index contributed by atoms with van der Waals surface area (Å²) in [7, 11) is -2.73. The predicted molar refractivity (Wildman–Crippen MR) is 124 cm³/mol. The maximum atomic E-state index is 13.1. The minimum absolute atomic E-state index is 0.00267. The molecule has 170 valence electrons. The van der Waals surface area contributed by atoms with Crippen molar-refractivity contribution in [3.8, 4) is 0 Å². The van der Waals surface area contributed by atoms with E-state index in [1.54, 1.807) is 13.8 Å². The molecule has 0 fully saturated rings. The molecule has 0 radical (unpaired) electrons. The molecule has 9 nitrogen and oxygen atoms in total.